The average Bonchev–Trinajstić information content (AvgIpc) is 2.93. The number of allylic oxidation sites excluding steroid dienone is 2. The van der Waals surface area contributed by atoms with Gasteiger partial charge < -0.3 is 4.74 Å². The van der Waals surface area contributed by atoms with Crippen LogP contribution in [0.4, 0.5) is 0 Å². The SMILES string of the molecule is CCc1ccc(-c2cccc3c2OC2C=CC=CC32)c(Br)c1. The van der Waals surface area contributed by atoms with Gasteiger partial charge in [0.1, 0.15) is 11.9 Å². The van der Waals surface area contributed by atoms with E-state index < -0.39 is 0 Å². The molecule has 2 aliphatic rings. The van der Waals surface area contributed by atoms with Crippen LogP contribution in [0.15, 0.2) is 65.2 Å². The fourth-order valence-electron chi connectivity index (χ4n) is 3.27. The van der Waals surface area contributed by atoms with Crippen LogP contribution in [0.25, 0.3) is 11.1 Å². The van der Waals surface area contributed by atoms with Crippen LogP contribution in [0, 0.1) is 0 Å². The van der Waals surface area contributed by atoms with Crippen molar-refractivity contribution < 1.29 is 4.74 Å². The third-order valence-corrected chi connectivity index (χ3v) is 5.13. The van der Waals surface area contributed by atoms with Crippen LogP contribution in [0.3, 0.4) is 0 Å². The van der Waals surface area contributed by atoms with Crippen LogP contribution in [0.1, 0.15) is 24.0 Å². The van der Waals surface area contributed by atoms with Crippen molar-refractivity contribution in [1.29, 1.82) is 0 Å². The Morgan fingerprint density at radius 2 is 1.91 bits per heavy atom. The number of ether oxygens (including phenoxy) is 1. The maximum Gasteiger partial charge on any atom is 0.132 e. The molecule has 0 saturated heterocycles. The number of rotatable bonds is 2. The van der Waals surface area contributed by atoms with Crippen LogP contribution < -0.4 is 4.74 Å². The highest BCUT2D eigenvalue weighted by Gasteiger charge is 2.33. The summed E-state index contributed by atoms with van der Waals surface area (Å²) >= 11 is 3.73. The molecule has 22 heavy (non-hydrogen) atoms. The van der Waals surface area contributed by atoms with E-state index >= 15 is 0 Å². The topological polar surface area (TPSA) is 9.23 Å². The lowest BCUT2D eigenvalue weighted by molar-refractivity contribution is 0.270. The van der Waals surface area contributed by atoms with Gasteiger partial charge in [-0.15, -0.1) is 0 Å². The van der Waals surface area contributed by atoms with Crippen molar-refractivity contribution in [2.75, 3.05) is 0 Å². The Labute approximate surface area is 139 Å². The van der Waals surface area contributed by atoms with E-state index in [2.05, 4.69) is 83.6 Å². The molecular weight excluding hydrogens is 336 g/mol. The van der Waals surface area contributed by atoms with Gasteiger partial charge in [-0.1, -0.05) is 71.4 Å². The van der Waals surface area contributed by atoms with Gasteiger partial charge >= 0.3 is 0 Å². The van der Waals surface area contributed by atoms with E-state index in [0.29, 0.717) is 5.92 Å². The minimum atomic E-state index is 0.134. The molecule has 2 atom stereocenters. The molecule has 2 aromatic rings. The van der Waals surface area contributed by atoms with Crippen molar-refractivity contribution >= 4 is 15.9 Å². The largest absolute Gasteiger partial charge is 0.484 e. The standard InChI is InChI=1S/C20H17BrO/c1-2-13-10-11-14(18(21)12-13)16-7-5-8-17-15-6-3-4-9-19(15)22-20(16)17/h3-12,15,19H,2H2,1H3. The Kier molecular flexibility index (Phi) is 3.42. The molecule has 0 N–H and O–H groups in total. The first-order valence-corrected chi connectivity index (χ1v) is 8.50. The second-order valence-corrected chi connectivity index (χ2v) is 6.62. The number of fused-ring (bicyclic) bond motifs is 3. The number of aryl methyl sites for hydroxylation is 1. The van der Waals surface area contributed by atoms with Crippen LogP contribution in [-0.4, -0.2) is 6.10 Å². The fraction of sp³-hybridized carbons (Fsp3) is 0.200. The minimum absolute atomic E-state index is 0.134. The minimum Gasteiger partial charge on any atom is -0.484 e. The molecule has 2 heteroatoms. The maximum atomic E-state index is 6.25. The predicted molar refractivity (Wildman–Crippen MR) is 94.4 cm³/mol. The Morgan fingerprint density at radius 3 is 2.73 bits per heavy atom. The van der Waals surface area contributed by atoms with Gasteiger partial charge in [-0.2, -0.15) is 0 Å². The Balaban J connectivity index is 1.84. The molecule has 0 amide bonds. The number of benzene rings is 2. The highest BCUT2D eigenvalue weighted by atomic mass is 79.9. The van der Waals surface area contributed by atoms with Crippen molar-refractivity contribution in [2.24, 2.45) is 0 Å². The van der Waals surface area contributed by atoms with E-state index in [-0.39, 0.29) is 6.10 Å². The molecule has 2 aromatic carbocycles. The lowest BCUT2D eigenvalue weighted by Gasteiger charge is -2.14. The first-order valence-electron chi connectivity index (χ1n) is 7.71. The highest BCUT2D eigenvalue weighted by molar-refractivity contribution is 9.10. The normalized spacial score (nSPS) is 21.4. The van der Waals surface area contributed by atoms with Crippen LogP contribution >= 0.6 is 15.9 Å². The van der Waals surface area contributed by atoms with E-state index in [1.165, 1.54) is 22.3 Å². The zero-order chi connectivity index (χ0) is 15.1. The third-order valence-electron chi connectivity index (χ3n) is 4.47. The predicted octanol–water partition coefficient (Wildman–Crippen LogP) is 5.65. The molecule has 4 rings (SSSR count). The van der Waals surface area contributed by atoms with Crippen molar-refractivity contribution in [2.45, 2.75) is 25.4 Å². The summed E-state index contributed by atoms with van der Waals surface area (Å²) in [5.41, 5.74) is 4.99. The molecule has 1 aliphatic heterocycles. The molecule has 0 bridgehead atoms. The van der Waals surface area contributed by atoms with Gasteiger partial charge in [0.05, 0.1) is 0 Å². The van der Waals surface area contributed by atoms with E-state index in [0.717, 1.165) is 16.6 Å². The summed E-state index contributed by atoms with van der Waals surface area (Å²) in [6.07, 6.45) is 9.73. The molecule has 1 aliphatic carbocycles. The third kappa shape index (κ3) is 2.14. The van der Waals surface area contributed by atoms with Gasteiger partial charge in [-0.25, -0.2) is 0 Å². The Hall–Kier alpha value is -1.80. The lowest BCUT2D eigenvalue weighted by Crippen LogP contribution is -2.15. The summed E-state index contributed by atoms with van der Waals surface area (Å²) in [7, 11) is 0. The first kappa shape index (κ1) is 13.8. The summed E-state index contributed by atoms with van der Waals surface area (Å²) < 4.78 is 7.38. The van der Waals surface area contributed by atoms with Crippen molar-refractivity contribution in [1.82, 2.24) is 0 Å². The lowest BCUT2D eigenvalue weighted by atomic mass is 9.90. The monoisotopic (exact) mass is 352 g/mol. The van der Waals surface area contributed by atoms with Gasteiger partial charge in [-0.3, -0.25) is 0 Å². The number of hydrogen-bond donors (Lipinski definition) is 0. The Morgan fingerprint density at radius 1 is 1.05 bits per heavy atom. The summed E-state index contributed by atoms with van der Waals surface area (Å²) in [5.74, 6) is 1.37. The molecule has 0 aromatic heterocycles. The number of hydrogen-bond acceptors (Lipinski definition) is 1. The number of para-hydroxylation sites is 1. The van der Waals surface area contributed by atoms with Crippen molar-refractivity contribution in [3.63, 3.8) is 0 Å². The maximum absolute atomic E-state index is 6.25. The van der Waals surface area contributed by atoms with E-state index in [1.807, 2.05) is 0 Å². The van der Waals surface area contributed by atoms with Crippen molar-refractivity contribution in [3.8, 4) is 16.9 Å². The van der Waals surface area contributed by atoms with E-state index in [1.54, 1.807) is 0 Å². The molecule has 0 saturated carbocycles. The van der Waals surface area contributed by atoms with Gasteiger partial charge in [-0.05, 0) is 29.7 Å². The van der Waals surface area contributed by atoms with Gasteiger partial charge in [0.15, 0.2) is 0 Å². The van der Waals surface area contributed by atoms with Crippen molar-refractivity contribution in [3.05, 3.63) is 76.3 Å². The van der Waals surface area contributed by atoms with Gasteiger partial charge in [0.25, 0.3) is 0 Å². The molecule has 0 radical (unpaired) electrons. The number of halogens is 1. The van der Waals surface area contributed by atoms with Crippen LogP contribution in [0.2, 0.25) is 0 Å². The molecule has 0 fully saturated rings. The summed E-state index contributed by atoms with van der Waals surface area (Å²) in [6, 6.07) is 13.1. The fourth-order valence-corrected chi connectivity index (χ4v) is 3.91. The van der Waals surface area contributed by atoms with Crippen LogP contribution in [0.5, 0.6) is 5.75 Å². The van der Waals surface area contributed by atoms with E-state index in [9.17, 15) is 0 Å². The average molecular weight is 353 g/mol. The summed E-state index contributed by atoms with van der Waals surface area (Å²) in [4.78, 5) is 0. The molecule has 110 valence electrons. The zero-order valence-electron chi connectivity index (χ0n) is 12.4. The molecule has 0 spiro atoms. The van der Waals surface area contributed by atoms with Gasteiger partial charge in [0.2, 0.25) is 0 Å². The molecular formula is C20H17BrO. The summed E-state index contributed by atoms with van der Waals surface area (Å²) in [6.45, 7) is 2.17. The smallest absolute Gasteiger partial charge is 0.132 e. The molecule has 1 nitrogen and oxygen atoms in total. The molecule has 1 heterocycles. The zero-order valence-corrected chi connectivity index (χ0v) is 14.0. The van der Waals surface area contributed by atoms with Crippen LogP contribution in [-0.2, 0) is 6.42 Å². The second kappa shape index (κ2) is 5.44. The quantitative estimate of drug-likeness (QED) is 0.678. The van der Waals surface area contributed by atoms with E-state index in [4.69, 9.17) is 4.74 Å². The highest BCUT2D eigenvalue weighted by Crippen LogP contribution is 2.47. The molecule has 2 unspecified atom stereocenters. The summed E-state index contributed by atoms with van der Waals surface area (Å²) in [5, 5.41) is 0. The Bertz CT molecular complexity index is 788. The first-order chi connectivity index (χ1) is 10.8. The second-order valence-electron chi connectivity index (χ2n) is 5.77. The van der Waals surface area contributed by atoms with Gasteiger partial charge in [0, 0.05) is 21.5 Å².